The van der Waals surface area contributed by atoms with Gasteiger partial charge in [0.1, 0.15) is 5.82 Å². The zero-order chi connectivity index (χ0) is 16.1. The van der Waals surface area contributed by atoms with E-state index in [4.69, 9.17) is 19.9 Å². The predicted octanol–water partition coefficient (Wildman–Crippen LogP) is 2.83. The fourth-order valence-corrected chi connectivity index (χ4v) is 1.93. The van der Waals surface area contributed by atoms with Crippen LogP contribution in [0.2, 0.25) is 0 Å². The molecule has 0 saturated carbocycles. The van der Waals surface area contributed by atoms with E-state index in [1.165, 1.54) is 39.5 Å². The summed E-state index contributed by atoms with van der Waals surface area (Å²) in [7, 11) is 4.58. The van der Waals surface area contributed by atoms with Crippen LogP contribution in [0.3, 0.4) is 0 Å². The number of nitrogens with two attached hydrogens (primary N) is 1. The summed E-state index contributed by atoms with van der Waals surface area (Å²) < 4.78 is 29.0. The molecule has 0 aliphatic carbocycles. The Morgan fingerprint density at radius 2 is 1.55 bits per heavy atom. The lowest BCUT2D eigenvalue weighted by Gasteiger charge is -2.12. The van der Waals surface area contributed by atoms with E-state index in [1.807, 2.05) is 0 Å². The minimum absolute atomic E-state index is 0.386. The van der Waals surface area contributed by atoms with Gasteiger partial charge in [0.05, 0.1) is 26.9 Å². The molecular formula is C17H16FNO3. The highest BCUT2D eigenvalue weighted by Gasteiger charge is 2.12. The Hall–Kier alpha value is -2.87. The Kier molecular flexibility index (Phi) is 4.74. The van der Waals surface area contributed by atoms with Crippen molar-refractivity contribution in [2.75, 3.05) is 27.1 Å². The van der Waals surface area contributed by atoms with Crippen LogP contribution in [0, 0.1) is 17.7 Å². The van der Waals surface area contributed by atoms with Crippen LogP contribution in [0.1, 0.15) is 11.1 Å². The third-order valence-electron chi connectivity index (χ3n) is 3.02. The number of anilines is 1. The maximum atomic E-state index is 13.2. The average Bonchev–Trinajstić information content (AvgIpc) is 2.54. The van der Waals surface area contributed by atoms with Gasteiger partial charge in [-0.05, 0) is 30.3 Å². The van der Waals surface area contributed by atoms with Crippen LogP contribution in [-0.2, 0) is 0 Å². The molecule has 0 atom stereocenters. The van der Waals surface area contributed by atoms with Crippen molar-refractivity contribution in [2.45, 2.75) is 0 Å². The lowest BCUT2D eigenvalue weighted by Crippen LogP contribution is -1.96. The molecule has 0 bridgehead atoms. The molecule has 2 aromatic carbocycles. The van der Waals surface area contributed by atoms with E-state index in [2.05, 4.69) is 11.8 Å². The van der Waals surface area contributed by atoms with E-state index in [1.54, 1.807) is 12.1 Å². The minimum atomic E-state index is -0.386. The Labute approximate surface area is 128 Å². The van der Waals surface area contributed by atoms with Gasteiger partial charge in [-0.2, -0.15) is 0 Å². The van der Waals surface area contributed by atoms with Crippen molar-refractivity contribution in [3.8, 4) is 29.1 Å². The highest BCUT2D eigenvalue weighted by atomic mass is 19.1. The summed E-state index contributed by atoms with van der Waals surface area (Å²) >= 11 is 0. The molecule has 2 N–H and O–H groups in total. The highest BCUT2D eigenvalue weighted by molar-refractivity contribution is 5.61. The first-order valence-electron chi connectivity index (χ1n) is 6.46. The standard InChI is InChI=1S/C17H16FNO3/c1-20-15-8-11(9-16(21-2)17(15)22-3)4-5-12-10-13(18)6-7-14(12)19/h6-10H,19H2,1-3H3. The molecule has 22 heavy (non-hydrogen) atoms. The SMILES string of the molecule is COc1cc(C#Cc2cc(F)ccc2N)cc(OC)c1OC. The second kappa shape index (κ2) is 6.72. The van der Waals surface area contributed by atoms with Gasteiger partial charge in [0.25, 0.3) is 0 Å². The maximum absolute atomic E-state index is 13.2. The lowest BCUT2D eigenvalue weighted by molar-refractivity contribution is 0.324. The lowest BCUT2D eigenvalue weighted by atomic mass is 10.1. The van der Waals surface area contributed by atoms with Crippen molar-refractivity contribution in [2.24, 2.45) is 0 Å². The first kappa shape index (κ1) is 15.5. The summed E-state index contributed by atoms with van der Waals surface area (Å²) in [4.78, 5) is 0. The van der Waals surface area contributed by atoms with Crippen molar-refractivity contribution >= 4 is 5.69 Å². The number of benzene rings is 2. The summed E-state index contributed by atoms with van der Waals surface area (Å²) in [5, 5.41) is 0. The van der Waals surface area contributed by atoms with Crippen molar-refractivity contribution in [1.29, 1.82) is 0 Å². The third-order valence-corrected chi connectivity index (χ3v) is 3.02. The number of nitrogen functional groups attached to an aromatic ring is 1. The van der Waals surface area contributed by atoms with Gasteiger partial charge >= 0.3 is 0 Å². The summed E-state index contributed by atoms with van der Waals surface area (Å²) in [5.41, 5.74) is 7.25. The van der Waals surface area contributed by atoms with Crippen LogP contribution in [0.15, 0.2) is 30.3 Å². The van der Waals surface area contributed by atoms with Crippen molar-refractivity contribution in [1.82, 2.24) is 0 Å². The topological polar surface area (TPSA) is 53.7 Å². The van der Waals surface area contributed by atoms with Gasteiger partial charge in [-0.15, -0.1) is 0 Å². The average molecular weight is 301 g/mol. The second-order valence-corrected chi connectivity index (χ2v) is 4.40. The minimum Gasteiger partial charge on any atom is -0.493 e. The van der Waals surface area contributed by atoms with E-state index in [0.717, 1.165) is 0 Å². The number of ether oxygens (including phenoxy) is 3. The molecule has 0 aliphatic rings. The van der Waals surface area contributed by atoms with Gasteiger partial charge in [0.2, 0.25) is 5.75 Å². The molecule has 0 aliphatic heterocycles. The fraction of sp³-hybridized carbons (Fsp3) is 0.176. The molecule has 4 nitrogen and oxygen atoms in total. The van der Waals surface area contributed by atoms with E-state index in [9.17, 15) is 4.39 Å². The second-order valence-electron chi connectivity index (χ2n) is 4.40. The van der Waals surface area contributed by atoms with E-state index < -0.39 is 0 Å². The Balaban J connectivity index is 2.46. The summed E-state index contributed by atoms with van der Waals surface area (Å²) in [6.45, 7) is 0. The number of halogens is 1. The van der Waals surface area contributed by atoms with Gasteiger partial charge in [-0.3, -0.25) is 0 Å². The van der Waals surface area contributed by atoms with Crippen LogP contribution >= 0.6 is 0 Å². The van der Waals surface area contributed by atoms with Crippen molar-refractivity contribution in [3.63, 3.8) is 0 Å². The van der Waals surface area contributed by atoms with Crippen molar-refractivity contribution < 1.29 is 18.6 Å². The first-order chi connectivity index (χ1) is 10.6. The Morgan fingerprint density at radius 1 is 0.909 bits per heavy atom. The molecule has 2 rings (SSSR count). The van der Waals surface area contributed by atoms with E-state index in [0.29, 0.717) is 34.1 Å². The number of methoxy groups -OCH3 is 3. The predicted molar refractivity (Wildman–Crippen MR) is 82.9 cm³/mol. The third kappa shape index (κ3) is 3.23. The summed E-state index contributed by atoms with van der Waals surface area (Å²) in [5.74, 6) is 6.86. The molecule has 0 radical (unpaired) electrons. The molecular weight excluding hydrogens is 285 g/mol. The summed E-state index contributed by atoms with van der Waals surface area (Å²) in [6, 6.07) is 7.49. The Morgan fingerprint density at radius 3 is 2.09 bits per heavy atom. The van der Waals surface area contributed by atoms with Gasteiger partial charge in [0.15, 0.2) is 11.5 Å². The molecule has 2 aromatic rings. The molecule has 0 heterocycles. The van der Waals surface area contributed by atoms with E-state index in [-0.39, 0.29) is 5.82 Å². The monoisotopic (exact) mass is 301 g/mol. The number of hydrogen-bond acceptors (Lipinski definition) is 4. The molecule has 114 valence electrons. The van der Waals surface area contributed by atoms with Crippen LogP contribution in [0.5, 0.6) is 17.2 Å². The molecule has 5 heteroatoms. The molecule has 0 saturated heterocycles. The Bertz CT molecular complexity index is 722. The highest BCUT2D eigenvalue weighted by Crippen LogP contribution is 2.37. The van der Waals surface area contributed by atoms with Gasteiger partial charge < -0.3 is 19.9 Å². The molecule has 0 fully saturated rings. The molecule has 0 aromatic heterocycles. The quantitative estimate of drug-likeness (QED) is 0.699. The maximum Gasteiger partial charge on any atom is 0.203 e. The van der Waals surface area contributed by atoms with Gasteiger partial charge in [-0.25, -0.2) is 4.39 Å². The van der Waals surface area contributed by atoms with Crippen LogP contribution in [-0.4, -0.2) is 21.3 Å². The molecule has 0 unspecified atom stereocenters. The largest absolute Gasteiger partial charge is 0.493 e. The normalized spacial score (nSPS) is 9.64. The fourth-order valence-electron chi connectivity index (χ4n) is 1.93. The number of hydrogen-bond donors (Lipinski definition) is 1. The van der Waals surface area contributed by atoms with E-state index >= 15 is 0 Å². The number of rotatable bonds is 3. The van der Waals surface area contributed by atoms with Crippen molar-refractivity contribution in [3.05, 3.63) is 47.3 Å². The van der Waals surface area contributed by atoms with Crippen LogP contribution in [0.4, 0.5) is 10.1 Å². The molecule has 0 amide bonds. The summed E-state index contributed by atoms with van der Waals surface area (Å²) in [6.07, 6.45) is 0. The molecule has 0 spiro atoms. The zero-order valence-electron chi connectivity index (χ0n) is 12.6. The smallest absolute Gasteiger partial charge is 0.203 e. The van der Waals surface area contributed by atoms with Gasteiger partial charge in [0, 0.05) is 11.3 Å². The zero-order valence-corrected chi connectivity index (χ0v) is 12.6. The van der Waals surface area contributed by atoms with Crippen LogP contribution < -0.4 is 19.9 Å². The van der Waals surface area contributed by atoms with Crippen LogP contribution in [0.25, 0.3) is 0 Å². The van der Waals surface area contributed by atoms with Gasteiger partial charge in [-0.1, -0.05) is 11.8 Å². The first-order valence-corrected chi connectivity index (χ1v) is 6.46.